The number of nitro groups is 1. The smallest absolute Gasteiger partial charge is 0.360 e. The van der Waals surface area contributed by atoms with E-state index in [0.29, 0.717) is 5.65 Å². The Hall–Kier alpha value is -3.26. The highest BCUT2D eigenvalue weighted by Gasteiger charge is 2.30. The third-order valence-electron chi connectivity index (χ3n) is 5.28. The predicted octanol–water partition coefficient (Wildman–Crippen LogP) is 2.85. The zero-order valence-electron chi connectivity index (χ0n) is 15.5. The summed E-state index contributed by atoms with van der Waals surface area (Å²) in [5.41, 5.74) is 0.424. The van der Waals surface area contributed by atoms with Crippen molar-refractivity contribution in [2.75, 3.05) is 18.4 Å². The standard InChI is InChI=1S/C20H21N5O3/c1-14(15-7-3-2-4-8-15)23-12-10-16(13-23)21-19-18(25(27)28)20(26)24-11-6-5-9-17(24)22-19/h2-9,11,14,16,21H,10,12-13H2,1H3/t14-,16+/m1/s1. The second-order valence-electron chi connectivity index (χ2n) is 7.01. The topological polar surface area (TPSA) is 92.8 Å². The van der Waals surface area contributed by atoms with E-state index in [1.807, 2.05) is 18.2 Å². The molecule has 3 aromatic rings. The second-order valence-corrected chi connectivity index (χ2v) is 7.01. The Bertz CT molecular complexity index is 1070. The minimum Gasteiger partial charge on any atom is -0.360 e. The van der Waals surface area contributed by atoms with Gasteiger partial charge in [0.25, 0.3) is 0 Å². The van der Waals surface area contributed by atoms with Crippen LogP contribution in [0.25, 0.3) is 5.65 Å². The lowest BCUT2D eigenvalue weighted by Gasteiger charge is -2.24. The van der Waals surface area contributed by atoms with Gasteiger partial charge in [0.2, 0.25) is 5.82 Å². The van der Waals surface area contributed by atoms with Crippen LogP contribution in [0.2, 0.25) is 0 Å². The Morgan fingerprint density at radius 1 is 1.21 bits per heavy atom. The SMILES string of the molecule is C[C@H](c1ccccc1)N1CC[C@H](Nc2nc3ccccn3c(=O)c2[N+](=O)[O-])C1. The van der Waals surface area contributed by atoms with Gasteiger partial charge in [0, 0.05) is 31.4 Å². The fourth-order valence-corrected chi connectivity index (χ4v) is 3.74. The van der Waals surface area contributed by atoms with Gasteiger partial charge in [0.1, 0.15) is 5.65 Å². The zero-order valence-corrected chi connectivity index (χ0v) is 15.5. The molecule has 8 heteroatoms. The van der Waals surface area contributed by atoms with Crippen LogP contribution < -0.4 is 10.9 Å². The van der Waals surface area contributed by atoms with Gasteiger partial charge in [0.05, 0.1) is 4.92 Å². The number of nitrogens with one attached hydrogen (secondary N) is 1. The number of aromatic nitrogens is 2. The van der Waals surface area contributed by atoms with E-state index in [0.717, 1.165) is 19.5 Å². The molecule has 0 spiro atoms. The van der Waals surface area contributed by atoms with E-state index >= 15 is 0 Å². The molecule has 0 bridgehead atoms. The van der Waals surface area contributed by atoms with Gasteiger partial charge in [-0.2, -0.15) is 0 Å². The third-order valence-corrected chi connectivity index (χ3v) is 5.28. The largest absolute Gasteiger partial charge is 0.376 e. The molecule has 2 atom stereocenters. The first-order chi connectivity index (χ1) is 13.5. The first-order valence-corrected chi connectivity index (χ1v) is 9.26. The highest BCUT2D eigenvalue weighted by Crippen LogP contribution is 2.27. The molecule has 144 valence electrons. The summed E-state index contributed by atoms with van der Waals surface area (Å²) in [5.74, 6) is 0.0421. The van der Waals surface area contributed by atoms with Gasteiger partial charge in [0.15, 0.2) is 0 Å². The number of benzene rings is 1. The molecule has 0 aliphatic carbocycles. The van der Waals surface area contributed by atoms with Gasteiger partial charge in [-0.1, -0.05) is 36.4 Å². The van der Waals surface area contributed by atoms with Crippen LogP contribution in [0.4, 0.5) is 11.5 Å². The summed E-state index contributed by atoms with van der Waals surface area (Å²) in [6.07, 6.45) is 2.31. The lowest BCUT2D eigenvalue weighted by atomic mass is 10.1. The van der Waals surface area contributed by atoms with Crippen LogP contribution in [0.15, 0.2) is 59.5 Å². The number of fused-ring (bicyclic) bond motifs is 1. The molecule has 2 aromatic heterocycles. The summed E-state index contributed by atoms with van der Waals surface area (Å²) in [5, 5.41) is 14.7. The summed E-state index contributed by atoms with van der Waals surface area (Å²) in [6.45, 7) is 3.75. The highest BCUT2D eigenvalue weighted by atomic mass is 16.6. The Labute approximate surface area is 161 Å². The highest BCUT2D eigenvalue weighted by molar-refractivity contribution is 5.60. The fourth-order valence-electron chi connectivity index (χ4n) is 3.74. The first-order valence-electron chi connectivity index (χ1n) is 9.26. The zero-order chi connectivity index (χ0) is 19.7. The van der Waals surface area contributed by atoms with Crippen LogP contribution in [0, 0.1) is 10.1 Å². The molecule has 0 amide bonds. The predicted molar refractivity (Wildman–Crippen MR) is 107 cm³/mol. The normalized spacial score (nSPS) is 18.2. The van der Waals surface area contributed by atoms with Crippen molar-refractivity contribution in [3.05, 3.63) is 80.8 Å². The van der Waals surface area contributed by atoms with Crippen molar-refractivity contribution in [3.8, 4) is 0 Å². The maximum Gasteiger partial charge on any atom is 0.376 e. The van der Waals surface area contributed by atoms with Crippen molar-refractivity contribution in [2.24, 2.45) is 0 Å². The van der Waals surface area contributed by atoms with Crippen molar-refractivity contribution >= 4 is 17.2 Å². The Morgan fingerprint density at radius 3 is 2.71 bits per heavy atom. The summed E-state index contributed by atoms with van der Waals surface area (Å²) in [7, 11) is 0. The number of hydrogen-bond acceptors (Lipinski definition) is 6. The molecule has 0 radical (unpaired) electrons. The average Bonchev–Trinajstić information content (AvgIpc) is 3.16. The van der Waals surface area contributed by atoms with Crippen LogP contribution >= 0.6 is 0 Å². The van der Waals surface area contributed by atoms with E-state index in [2.05, 4.69) is 34.3 Å². The molecule has 1 saturated heterocycles. The van der Waals surface area contributed by atoms with Gasteiger partial charge in [-0.3, -0.25) is 24.2 Å². The van der Waals surface area contributed by atoms with Crippen LogP contribution in [0.3, 0.4) is 0 Å². The number of nitrogens with zero attached hydrogens (tertiary/aromatic N) is 4. The van der Waals surface area contributed by atoms with Crippen molar-refractivity contribution < 1.29 is 4.92 Å². The lowest BCUT2D eigenvalue weighted by molar-refractivity contribution is -0.385. The maximum atomic E-state index is 12.6. The number of pyridine rings is 1. The molecule has 1 aliphatic heterocycles. The molecule has 1 N–H and O–H groups in total. The van der Waals surface area contributed by atoms with E-state index in [1.54, 1.807) is 18.2 Å². The summed E-state index contributed by atoms with van der Waals surface area (Å²) >= 11 is 0. The number of rotatable bonds is 5. The van der Waals surface area contributed by atoms with Gasteiger partial charge in [-0.05, 0) is 31.0 Å². The third kappa shape index (κ3) is 3.34. The summed E-state index contributed by atoms with van der Waals surface area (Å²) in [6, 6.07) is 15.5. The van der Waals surface area contributed by atoms with Crippen molar-refractivity contribution in [2.45, 2.75) is 25.4 Å². The van der Waals surface area contributed by atoms with Crippen molar-refractivity contribution in [1.82, 2.24) is 14.3 Å². The maximum absolute atomic E-state index is 12.6. The molecular weight excluding hydrogens is 358 g/mol. The molecule has 3 heterocycles. The van der Waals surface area contributed by atoms with Gasteiger partial charge < -0.3 is 5.32 Å². The van der Waals surface area contributed by atoms with Crippen LogP contribution in [0.1, 0.15) is 24.9 Å². The molecule has 1 aromatic carbocycles. The quantitative estimate of drug-likeness (QED) is 0.541. The lowest BCUT2D eigenvalue weighted by Crippen LogP contribution is -2.30. The molecule has 0 saturated carbocycles. The second kappa shape index (κ2) is 7.40. The van der Waals surface area contributed by atoms with Crippen molar-refractivity contribution in [1.29, 1.82) is 0 Å². The monoisotopic (exact) mass is 379 g/mol. The minimum atomic E-state index is -0.675. The number of anilines is 1. The van der Waals surface area contributed by atoms with E-state index in [-0.39, 0.29) is 17.9 Å². The van der Waals surface area contributed by atoms with E-state index in [4.69, 9.17) is 0 Å². The van der Waals surface area contributed by atoms with Crippen LogP contribution in [-0.4, -0.2) is 38.3 Å². The Kier molecular flexibility index (Phi) is 4.79. The number of likely N-dealkylation sites (tertiary alicyclic amines) is 1. The van der Waals surface area contributed by atoms with Crippen LogP contribution in [0.5, 0.6) is 0 Å². The minimum absolute atomic E-state index is 0.0112. The molecule has 1 fully saturated rings. The van der Waals surface area contributed by atoms with E-state index in [1.165, 1.54) is 16.2 Å². The first kappa shape index (κ1) is 18.1. The average molecular weight is 379 g/mol. The van der Waals surface area contributed by atoms with Gasteiger partial charge in [-0.15, -0.1) is 0 Å². The molecular formula is C20H21N5O3. The molecule has 1 aliphatic rings. The fraction of sp³-hybridized carbons (Fsp3) is 0.300. The van der Waals surface area contributed by atoms with E-state index < -0.39 is 16.2 Å². The summed E-state index contributed by atoms with van der Waals surface area (Å²) < 4.78 is 1.20. The molecule has 0 unspecified atom stereocenters. The Balaban J connectivity index is 1.58. The van der Waals surface area contributed by atoms with Crippen molar-refractivity contribution in [3.63, 3.8) is 0 Å². The van der Waals surface area contributed by atoms with Crippen LogP contribution in [-0.2, 0) is 0 Å². The van der Waals surface area contributed by atoms with E-state index in [9.17, 15) is 14.9 Å². The van der Waals surface area contributed by atoms with Gasteiger partial charge >= 0.3 is 11.2 Å². The molecule has 28 heavy (non-hydrogen) atoms. The molecule has 8 nitrogen and oxygen atoms in total. The number of hydrogen-bond donors (Lipinski definition) is 1. The Morgan fingerprint density at radius 2 is 1.96 bits per heavy atom. The summed E-state index contributed by atoms with van der Waals surface area (Å²) in [4.78, 5) is 30.1. The molecule has 4 rings (SSSR count). The van der Waals surface area contributed by atoms with Gasteiger partial charge in [-0.25, -0.2) is 4.98 Å².